The predicted molar refractivity (Wildman–Crippen MR) is 140 cm³/mol. The van der Waals surface area contributed by atoms with E-state index in [1.54, 1.807) is 10.4 Å². The Bertz CT molecular complexity index is 1560. The Morgan fingerprint density at radius 2 is 1.75 bits per heavy atom. The molecule has 9 nitrogen and oxygen atoms in total. The van der Waals surface area contributed by atoms with E-state index < -0.39 is 26.0 Å². The Labute approximate surface area is 215 Å². The lowest BCUT2D eigenvalue weighted by Gasteiger charge is -2.34. The molecule has 2 heterocycles. The van der Waals surface area contributed by atoms with Crippen molar-refractivity contribution >= 4 is 47.5 Å². The molecule has 1 saturated heterocycles. The van der Waals surface area contributed by atoms with E-state index in [2.05, 4.69) is 4.99 Å². The minimum Gasteiger partial charge on any atom is -0.316 e. The molecule has 2 aromatic carbocycles. The van der Waals surface area contributed by atoms with E-state index in [4.69, 9.17) is 5.14 Å². The SMILES string of the molecule is CCCn1c(=NC(=O)c2ccc(S(=O)(=O)N3CCCCC3CC)cc2)sc2cc(S(N)(=O)=O)ccc21. The van der Waals surface area contributed by atoms with E-state index in [1.165, 1.54) is 47.7 Å². The molecule has 36 heavy (non-hydrogen) atoms. The molecule has 1 aromatic heterocycles. The standard InChI is InChI=1S/C24H30N4O5S3/c1-3-14-27-21-13-12-20(35(25,30)31)16-22(21)34-24(27)26-23(29)17-8-10-19(11-9-17)36(32,33)28-15-6-5-7-18(28)4-2/h8-13,16,18H,3-7,14-15H2,1-2H3,(H2,25,30,31). The second kappa shape index (κ2) is 10.5. The van der Waals surface area contributed by atoms with E-state index in [0.29, 0.717) is 22.6 Å². The average molecular weight is 551 g/mol. The molecule has 3 aromatic rings. The van der Waals surface area contributed by atoms with Crippen molar-refractivity contribution in [2.24, 2.45) is 10.1 Å². The third kappa shape index (κ3) is 5.32. The van der Waals surface area contributed by atoms with Crippen molar-refractivity contribution in [3.05, 3.63) is 52.8 Å². The Kier molecular flexibility index (Phi) is 7.81. The van der Waals surface area contributed by atoms with Crippen LogP contribution in [0.4, 0.5) is 0 Å². The normalized spacial score (nSPS) is 18.1. The molecule has 1 unspecified atom stereocenters. The highest BCUT2D eigenvalue weighted by Crippen LogP contribution is 2.27. The van der Waals surface area contributed by atoms with Gasteiger partial charge >= 0.3 is 0 Å². The smallest absolute Gasteiger partial charge is 0.279 e. The summed E-state index contributed by atoms with van der Waals surface area (Å²) >= 11 is 1.20. The molecule has 2 N–H and O–H groups in total. The number of nitrogens with two attached hydrogens (primary N) is 1. The molecule has 0 bridgehead atoms. The highest BCUT2D eigenvalue weighted by Gasteiger charge is 2.32. The number of hydrogen-bond acceptors (Lipinski definition) is 6. The Balaban J connectivity index is 1.67. The van der Waals surface area contributed by atoms with Crippen molar-refractivity contribution in [3.8, 4) is 0 Å². The molecule has 12 heteroatoms. The topological polar surface area (TPSA) is 132 Å². The highest BCUT2D eigenvalue weighted by molar-refractivity contribution is 7.89. The van der Waals surface area contributed by atoms with Crippen LogP contribution in [0.1, 0.15) is 56.3 Å². The monoisotopic (exact) mass is 550 g/mol. The molecule has 1 fully saturated rings. The number of benzene rings is 2. The van der Waals surface area contributed by atoms with Gasteiger partial charge in [0.1, 0.15) is 0 Å². The summed E-state index contributed by atoms with van der Waals surface area (Å²) in [6, 6.07) is 10.5. The number of fused-ring (bicyclic) bond motifs is 1. The van der Waals surface area contributed by atoms with Crippen LogP contribution >= 0.6 is 11.3 Å². The summed E-state index contributed by atoms with van der Waals surface area (Å²) in [4.78, 5) is 17.9. The number of nitrogens with zero attached hydrogens (tertiary/aromatic N) is 3. The number of carbonyl (C=O) groups excluding carboxylic acids is 1. The van der Waals surface area contributed by atoms with Crippen LogP contribution in [0.2, 0.25) is 0 Å². The van der Waals surface area contributed by atoms with Gasteiger partial charge in [0.15, 0.2) is 4.80 Å². The zero-order valence-electron chi connectivity index (χ0n) is 20.3. The van der Waals surface area contributed by atoms with Crippen molar-refractivity contribution in [1.29, 1.82) is 0 Å². The average Bonchev–Trinajstić information content (AvgIpc) is 3.19. The zero-order valence-corrected chi connectivity index (χ0v) is 22.7. The van der Waals surface area contributed by atoms with E-state index >= 15 is 0 Å². The molecule has 0 spiro atoms. The molecule has 1 aliphatic heterocycles. The first-order chi connectivity index (χ1) is 17.1. The van der Waals surface area contributed by atoms with Crippen LogP contribution in [0.3, 0.4) is 0 Å². The first kappa shape index (κ1) is 26.7. The van der Waals surface area contributed by atoms with E-state index in [9.17, 15) is 21.6 Å². The molecular weight excluding hydrogens is 520 g/mol. The van der Waals surface area contributed by atoms with E-state index in [-0.39, 0.29) is 21.4 Å². The molecule has 4 rings (SSSR count). The molecule has 1 amide bonds. The summed E-state index contributed by atoms with van der Waals surface area (Å²) in [5.41, 5.74) is 1.03. The number of rotatable bonds is 7. The fraction of sp³-hybridized carbons (Fsp3) is 0.417. The summed E-state index contributed by atoms with van der Waals surface area (Å²) in [7, 11) is -7.50. The van der Waals surface area contributed by atoms with E-state index in [1.807, 2.05) is 18.4 Å². The van der Waals surface area contributed by atoms with E-state index in [0.717, 1.165) is 37.6 Å². The second-order valence-electron chi connectivity index (χ2n) is 8.83. The maximum atomic E-state index is 13.2. The van der Waals surface area contributed by atoms with Gasteiger partial charge in [-0.25, -0.2) is 22.0 Å². The largest absolute Gasteiger partial charge is 0.316 e. The molecule has 1 atom stereocenters. The van der Waals surface area contributed by atoms with Crippen LogP contribution in [0.15, 0.2) is 57.2 Å². The fourth-order valence-electron chi connectivity index (χ4n) is 4.51. The quantitative estimate of drug-likeness (QED) is 0.481. The molecule has 194 valence electrons. The van der Waals surface area contributed by atoms with Gasteiger partial charge in [-0.15, -0.1) is 0 Å². The minimum absolute atomic E-state index is 0.00296. The summed E-state index contributed by atoms with van der Waals surface area (Å²) in [6.07, 6.45) is 4.28. The van der Waals surface area contributed by atoms with Crippen LogP contribution in [0.5, 0.6) is 0 Å². The van der Waals surface area contributed by atoms with Gasteiger partial charge in [-0.3, -0.25) is 4.79 Å². The van der Waals surface area contributed by atoms with Gasteiger partial charge in [0.25, 0.3) is 5.91 Å². The Hall–Kier alpha value is -2.38. The number of aromatic nitrogens is 1. The van der Waals surface area contributed by atoms with Gasteiger partial charge in [0.2, 0.25) is 20.0 Å². The lowest BCUT2D eigenvalue weighted by atomic mass is 10.0. The molecule has 0 aliphatic carbocycles. The number of sulfonamides is 2. The number of thiazole rings is 1. The molecule has 1 aliphatic rings. The lowest BCUT2D eigenvalue weighted by Crippen LogP contribution is -2.43. The number of amides is 1. The van der Waals surface area contributed by atoms with Crippen molar-refractivity contribution in [1.82, 2.24) is 8.87 Å². The van der Waals surface area contributed by atoms with Gasteiger partial charge in [-0.1, -0.05) is 31.6 Å². The predicted octanol–water partition coefficient (Wildman–Crippen LogP) is 3.45. The second-order valence-corrected chi connectivity index (χ2v) is 13.3. The first-order valence-corrected chi connectivity index (χ1v) is 15.7. The number of hydrogen-bond donors (Lipinski definition) is 1. The summed E-state index contributed by atoms with van der Waals surface area (Å²) < 4.78 is 54.0. The highest BCUT2D eigenvalue weighted by atomic mass is 32.2. The van der Waals surface area contributed by atoms with Gasteiger partial charge in [-0.2, -0.15) is 9.30 Å². The van der Waals surface area contributed by atoms with Gasteiger partial charge < -0.3 is 4.57 Å². The molecule has 0 radical (unpaired) electrons. The molecule has 0 saturated carbocycles. The minimum atomic E-state index is -3.86. The third-order valence-electron chi connectivity index (χ3n) is 6.38. The van der Waals surface area contributed by atoms with Crippen LogP contribution in [-0.4, -0.2) is 44.2 Å². The lowest BCUT2D eigenvalue weighted by molar-refractivity contribution is 0.0997. The summed E-state index contributed by atoms with van der Waals surface area (Å²) in [5.74, 6) is -0.508. The first-order valence-electron chi connectivity index (χ1n) is 11.9. The van der Waals surface area contributed by atoms with Crippen molar-refractivity contribution < 1.29 is 21.6 Å². The zero-order chi connectivity index (χ0) is 26.1. The van der Waals surface area contributed by atoms with Gasteiger partial charge in [0, 0.05) is 24.7 Å². The molecular formula is C24H30N4O5S3. The van der Waals surface area contributed by atoms with Crippen LogP contribution in [0.25, 0.3) is 10.2 Å². The maximum absolute atomic E-state index is 13.2. The van der Waals surface area contributed by atoms with Crippen LogP contribution in [-0.2, 0) is 26.6 Å². The number of aryl methyl sites for hydroxylation is 1. The van der Waals surface area contributed by atoms with Crippen LogP contribution in [0, 0.1) is 0 Å². The summed E-state index contributed by atoms with van der Waals surface area (Å²) in [5, 5.41) is 5.26. The fourth-order valence-corrected chi connectivity index (χ4v) is 7.99. The van der Waals surface area contributed by atoms with Crippen LogP contribution < -0.4 is 9.94 Å². The Morgan fingerprint density at radius 1 is 1.06 bits per heavy atom. The van der Waals surface area contributed by atoms with Gasteiger partial charge in [0.05, 0.1) is 20.0 Å². The number of carbonyl (C=O) groups is 1. The maximum Gasteiger partial charge on any atom is 0.279 e. The van der Waals surface area contributed by atoms with Crippen molar-refractivity contribution in [3.63, 3.8) is 0 Å². The third-order valence-corrected chi connectivity index (χ3v) is 10.3. The van der Waals surface area contributed by atoms with Crippen molar-refractivity contribution in [2.75, 3.05) is 6.54 Å². The van der Waals surface area contributed by atoms with Gasteiger partial charge in [-0.05, 0) is 68.1 Å². The number of primary sulfonamides is 1. The Morgan fingerprint density at radius 3 is 2.39 bits per heavy atom. The summed E-state index contributed by atoms with van der Waals surface area (Å²) in [6.45, 7) is 5.08. The van der Waals surface area contributed by atoms with Crippen molar-refractivity contribution in [2.45, 2.75) is 68.3 Å². The number of piperidine rings is 1.